The van der Waals surface area contributed by atoms with E-state index in [2.05, 4.69) is 13.0 Å². The molecule has 0 heterocycles. The number of rotatable bonds is 11. The van der Waals surface area contributed by atoms with Gasteiger partial charge in [-0.3, -0.25) is 0 Å². The molecule has 2 aliphatic carbocycles. The molecule has 0 saturated heterocycles. The molecule has 2 aliphatic rings. The molecule has 0 aromatic heterocycles. The fraction of sp³-hybridized carbons (Fsp3) is 0.500. The van der Waals surface area contributed by atoms with Gasteiger partial charge in [0.25, 0.3) is 0 Å². The van der Waals surface area contributed by atoms with Crippen molar-refractivity contribution in [3.05, 3.63) is 95.3 Å². The number of benzene rings is 3. The van der Waals surface area contributed by atoms with Gasteiger partial charge in [0.15, 0.2) is 11.6 Å². The summed E-state index contributed by atoms with van der Waals surface area (Å²) in [5, 5.41) is 0. The second-order valence-corrected chi connectivity index (χ2v) is 13.2. The molecule has 3 aromatic carbocycles. The van der Waals surface area contributed by atoms with Crippen molar-refractivity contribution < 1.29 is 13.2 Å². The molecular weight excluding hydrogens is 537 g/mol. The molecule has 0 unspecified atom stereocenters. The molecule has 230 valence electrons. The number of hydrogen-bond acceptors (Lipinski definition) is 0. The molecule has 0 aliphatic heterocycles. The third kappa shape index (κ3) is 7.83. The molecule has 0 spiro atoms. The zero-order chi connectivity index (χ0) is 30.2. The highest BCUT2D eigenvalue weighted by atomic mass is 19.2. The summed E-state index contributed by atoms with van der Waals surface area (Å²) >= 11 is 0. The molecule has 2 saturated carbocycles. The Balaban J connectivity index is 1.17. The molecule has 0 radical (unpaired) electrons. The minimum atomic E-state index is -0.838. The van der Waals surface area contributed by atoms with Crippen LogP contribution in [0.25, 0.3) is 22.3 Å². The van der Waals surface area contributed by atoms with Gasteiger partial charge in [-0.1, -0.05) is 113 Å². The number of halogens is 3. The molecule has 3 aromatic rings. The first-order valence-corrected chi connectivity index (χ1v) is 17.0. The van der Waals surface area contributed by atoms with E-state index in [0.29, 0.717) is 29.0 Å². The smallest absolute Gasteiger partial charge is 0.166 e. The summed E-state index contributed by atoms with van der Waals surface area (Å²) < 4.78 is 45.0. The van der Waals surface area contributed by atoms with E-state index in [1.807, 2.05) is 25.1 Å². The summed E-state index contributed by atoms with van der Waals surface area (Å²) in [6, 6.07) is 16.1. The van der Waals surface area contributed by atoms with Gasteiger partial charge in [0, 0.05) is 11.1 Å². The predicted molar refractivity (Wildman–Crippen MR) is 175 cm³/mol. The van der Waals surface area contributed by atoms with Crippen molar-refractivity contribution in [1.82, 2.24) is 0 Å². The van der Waals surface area contributed by atoms with Crippen LogP contribution in [0.2, 0.25) is 0 Å². The fourth-order valence-electron chi connectivity index (χ4n) is 7.75. The third-order valence-corrected chi connectivity index (χ3v) is 10.4. The predicted octanol–water partition coefficient (Wildman–Crippen LogP) is 12.6. The number of hydrogen-bond donors (Lipinski definition) is 0. The van der Waals surface area contributed by atoms with Crippen LogP contribution >= 0.6 is 0 Å². The Morgan fingerprint density at radius 1 is 0.651 bits per heavy atom. The van der Waals surface area contributed by atoms with Crippen molar-refractivity contribution in [1.29, 1.82) is 0 Å². The van der Waals surface area contributed by atoms with Gasteiger partial charge in [-0.05, 0) is 103 Å². The molecule has 2 fully saturated rings. The standard InChI is InChI=1S/C40H49F3/c1-3-5-7-9-28-11-13-29(14-12-28)30-15-17-31(18-16-30)35-24-25-36(38(41)27-35)32-19-21-33(22-20-32)37-26-23-34(10-8-6-4-2)39(42)40(37)43/h6,8,19-31H,3-5,7,9-18H2,1-2H3. The van der Waals surface area contributed by atoms with Gasteiger partial charge in [-0.25, -0.2) is 13.2 Å². The van der Waals surface area contributed by atoms with E-state index in [1.54, 1.807) is 42.5 Å². The van der Waals surface area contributed by atoms with Crippen LogP contribution in [-0.4, -0.2) is 0 Å². The Kier molecular flexibility index (Phi) is 11.2. The number of unbranched alkanes of at least 4 members (excludes halogenated alkanes) is 2. The first-order valence-electron chi connectivity index (χ1n) is 17.0. The lowest BCUT2D eigenvalue weighted by atomic mass is 9.68. The minimum absolute atomic E-state index is 0.213. The first-order chi connectivity index (χ1) is 21.0. The Morgan fingerprint density at radius 2 is 1.28 bits per heavy atom. The molecule has 43 heavy (non-hydrogen) atoms. The first kappa shape index (κ1) is 31.6. The molecule has 3 heteroatoms. The maximum absolute atomic E-state index is 15.4. The van der Waals surface area contributed by atoms with Gasteiger partial charge in [0.05, 0.1) is 0 Å². The molecule has 0 N–H and O–H groups in total. The second kappa shape index (κ2) is 15.3. The fourth-order valence-corrected chi connectivity index (χ4v) is 7.75. The van der Waals surface area contributed by atoms with E-state index in [-0.39, 0.29) is 11.4 Å². The Hall–Kier alpha value is -2.81. The molecule has 0 nitrogen and oxygen atoms in total. The zero-order valence-corrected chi connectivity index (χ0v) is 26.2. The van der Waals surface area contributed by atoms with Crippen LogP contribution in [0.15, 0.2) is 66.7 Å². The third-order valence-electron chi connectivity index (χ3n) is 10.4. The van der Waals surface area contributed by atoms with E-state index in [1.165, 1.54) is 64.2 Å². The average Bonchev–Trinajstić information content (AvgIpc) is 3.04. The summed E-state index contributed by atoms with van der Waals surface area (Å²) in [7, 11) is 0. The van der Waals surface area contributed by atoms with E-state index >= 15 is 4.39 Å². The van der Waals surface area contributed by atoms with Crippen molar-refractivity contribution >= 4 is 0 Å². The zero-order valence-electron chi connectivity index (χ0n) is 26.2. The van der Waals surface area contributed by atoms with Crippen molar-refractivity contribution in [2.45, 2.75) is 110 Å². The summed E-state index contributed by atoms with van der Waals surface area (Å²) in [4.78, 5) is 0. The Morgan fingerprint density at radius 3 is 1.91 bits per heavy atom. The summed E-state index contributed by atoms with van der Waals surface area (Å²) in [5.41, 5.74) is 3.54. The lowest BCUT2D eigenvalue weighted by molar-refractivity contribution is 0.155. The van der Waals surface area contributed by atoms with Crippen molar-refractivity contribution in [2.24, 2.45) is 17.8 Å². The van der Waals surface area contributed by atoms with Gasteiger partial charge >= 0.3 is 0 Å². The van der Waals surface area contributed by atoms with Crippen molar-refractivity contribution in [2.75, 3.05) is 0 Å². The Bertz CT molecular complexity index is 1340. The Labute approximate surface area is 257 Å². The maximum Gasteiger partial charge on any atom is 0.166 e. The topological polar surface area (TPSA) is 0 Å². The van der Waals surface area contributed by atoms with E-state index in [0.717, 1.165) is 48.1 Å². The monoisotopic (exact) mass is 586 g/mol. The summed E-state index contributed by atoms with van der Waals surface area (Å²) in [6.45, 7) is 4.30. The summed E-state index contributed by atoms with van der Waals surface area (Å²) in [5.74, 6) is 1.30. The van der Waals surface area contributed by atoms with Gasteiger partial charge in [-0.2, -0.15) is 0 Å². The number of allylic oxidation sites excluding steroid dienone is 2. The van der Waals surface area contributed by atoms with E-state index < -0.39 is 11.6 Å². The normalized spacial score (nSPS) is 22.7. The SMILES string of the molecule is CCC=CCc1ccc(-c2ccc(-c3ccc(C4CCC(C5CCC(CCCCC)CC5)CC4)cc3F)cc2)c(F)c1F. The van der Waals surface area contributed by atoms with Crippen LogP contribution in [-0.2, 0) is 6.42 Å². The van der Waals surface area contributed by atoms with Crippen LogP contribution in [0.1, 0.15) is 114 Å². The van der Waals surface area contributed by atoms with Crippen molar-refractivity contribution in [3.8, 4) is 22.3 Å². The van der Waals surface area contributed by atoms with Crippen LogP contribution in [0.4, 0.5) is 13.2 Å². The average molecular weight is 587 g/mol. The minimum Gasteiger partial charge on any atom is -0.206 e. The van der Waals surface area contributed by atoms with E-state index in [9.17, 15) is 8.78 Å². The van der Waals surface area contributed by atoms with Crippen LogP contribution in [0.3, 0.4) is 0 Å². The highest BCUT2D eigenvalue weighted by Gasteiger charge is 2.31. The molecular formula is C40H49F3. The highest BCUT2D eigenvalue weighted by Crippen LogP contribution is 2.45. The molecule has 5 rings (SSSR count). The lowest BCUT2D eigenvalue weighted by Gasteiger charge is -2.38. The quantitative estimate of drug-likeness (QED) is 0.155. The highest BCUT2D eigenvalue weighted by molar-refractivity contribution is 5.71. The van der Waals surface area contributed by atoms with Crippen LogP contribution in [0.5, 0.6) is 0 Å². The lowest BCUT2D eigenvalue weighted by Crippen LogP contribution is -2.25. The largest absolute Gasteiger partial charge is 0.206 e. The molecule has 0 atom stereocenters. The van der Waals surface area contributed by atoms with E-state index in [4.69, 9.17) is 0 Å². The van der Waals surface area contributed by atoms with Gasteiger partial charge in [0.2, 0.25) is 0 Å². The van der Waals surface area contributed by atoms with Crippen LogP contribution < -0.4 is 0 Å². The van der Waals surface area contributed by atoms with Gasteiger partial charge < -0.3 is 0 Å². The molecule has 0 bridgehead atoms. The molecule has 0 amide bonds. The van der Waals surface area contributed by atoms with Gasteiger partial charge in [0.1, 0.15) is 5.82 Å². The summed E-state index contributed by atoms with van der Waals surface area (Å²) in [6.07, 6.45) is 21.1. The maximum atomic E-state index is 15.4. The van der Waals surface area contributed by atoms with Crippen molar-refractivity contribution in [3.63, 3.8) is 0 Å². The van der Waals surface area contributed by atoms with Crippen LogP contribution in [0, 0.1) is 35.2 Å². The second-order valence-electron chi connectivity index (χ2n) is 13.2. The van der Waals surface area contributed by atoms with Gasteiger partial charge in [-0.15, -0.1) is 0 Å².